The van der Waals surface area contributed by atoms with Crippen LogP contribution in [0.1, 0.15) is 53.9 Å². The summed E-state index contributed by atoms with van der Waals surface area (Å²) in [5.74, 6) is 0.950. The Balaban J connectivity index is 0.00000529. The van der Waals surface area contributed by atoms with Crippen molar-refractivity contribution < 1.29 is 0 Å². The molecule has 5 nitrogen and oxygen atoms in total. The molecule has 0 aromatic heterocycles. The van der Waals surface area contributed by atoms with Crippen LogP contribution in [0.2, 0.25) is 0 Å². The first-order valence-corrected chi connectivity index (χ1v) is 9.43. The lowest BCUT2D eigenvalue weighted by Gasteiger charge is -2.33. The number of hydrogen-bond donors (Lipinski definition) is 2. The van der Waals surface area contributed by atoms with E-state index in [1.165, 1.54) is 38.9 Å². The van der Waals surface area contributed by atoms with E-state index in [-0.39, 0.29) is 24.0 Å². The molecule has 0 bridgehead atoms. The van der Waals surface area contributed by atoms with Crippen molar-refractivity contribution in [1.82, 2.24) is 20.4 Å². The van der Waals surface area contributed by atoms with E-state index in [1.54, 1.807) is 0 Å². The predicted molar refractivity (Wildman–Crippen MR) is 117 cm³/mol. The predicted octanol–water partition coefficient (Wildman–Crippen LogP) is 2.76. The highest BCUT2D eigenvalue weighted by Gasteiger charge is 2.19. The minimum atomic E-state index is 0. The molecule has 0 radical (unpaired) electrons. The Kier molecular flexibility index (Phi) is 13.1. The molecule has 2 N–H and O–H groups in total. The lowest BCUT2D eigenvalue weighted by molar-refractivity contribution is 0.178. The molecule has 0 spiro atoms. The van der Waals surface area contributed by atoms with E-state index in [1.807, 2.05) is 7.05 Å². The minimum absolute atomic E-state index is 0. The molecule has 0 aromatic rings. The highest BCUT2D eigenvalue weighted by atomic mass is 127. The lowest BCUT2D eigenvalue weighted by atomic mass is 10.1. The standard InChI is InChI=1S/C18H39N5.HI/c1-7-11-22-12-8-17(9-13-22)21-18(19-6)20-10-14-23(15(2)3)16(4)5;/h15-17H,7-14H2,1-6H3,(H2,19,20,21);1H. The van der Waals surface area contributed by atoms with Crippen molar-refractivity contribution in [3.8, 4) is 0 Å². The summed E-state index contributed by atoms with van der Waals surface area (Å²) in [4.78, 5) is 9.46. The van der Waals surface area contributed by atoms with Gasteiger partial charge in [-0.15, -0.1) is 24.0 Å². The molecule has 0 atom stereocenters. The molecule has 0 amide bonds. The Morgan fingerprint density at radius 1 is 1.17 bits per heavy atom. The van der Waals surface area contributed by atoms with Crippen molar-refractivity contribution in [3.05, 3.63) is 0 Å². The van der Waals surface area contributed by atoms with Gasteiger partial charge in [0.15, 0.2) is 5.96 Å². The van der Waals surface area contributed by atoms with Crippen LogP contribution in [0.15, 0.2) is 4.99 Å². The third-order valence-corrected chi connectivity index (χ3v) is 4.68. The van der Waals surface area contributed by atoms with Crippen molar-refractivity contribution in [3.63, 3.8) is 0 Å². The number of aliphatic imine (C=N–C) groups is 1. The van der Waals surface area contributed by atoms with Gasteiger partial charge in [0.1, 0.15) is 0 Å². The first-order chi connectivity index (χ1) is 11.0. The van der Waals surface area contributed by atoms with Gasteiger partial charge in [0.05, 0.1) is 0 Å². The average molecular weight is 453 g/mol. The quantitative estimate of drug-likeness (QED) is 0.337. The number of rotatable bonds is 8. The van der Waals surface area contributed by atoms with Crippen LogP contribution in [0.4, 0.5) is 0 Å². The number of hydrogen-bond acceptors (Lipinski definition) is 3. The second-order valence-electron chi connectivity index (χ2n) is 7.18. The summed E-state index contributed by atoms with van der Waals surface area (Å²) in [6.07, 6.45) is 3.68. The van der Waals surface area contributed by atoms with Gasteiger partial charge in [-0.3, -0.25) is 9.89 Å². The number of halogens is 1. The second kappa shape index (κ2) is 13.2. The zero-order chi connectivity index (χ0) is 17.2. The van der Waals surface area contributed by atoms with Gasteiger partial charge in [-0.25, -0.2) is 0 Å². The average Bonchev–Trinajstić information content (AvgIpc) is 2.51. The Morgan fingerprint density at radius 2 is 1.75 bits per heavy atom. The molecule has 0 aromatic carbocycles. The SMILES string of the molecule is CCCN1CCC(NC(=NC)NCCN(C(C)C)C(C)C)CC1.I. The van der Waals surface area contributed by atoms with Crippen LogP contribution in [-0.2, 0) is 0 Å². The van der Waals surface area contributed by atoms with Crippen molar-refractivity contribution in [2.75, 3.05) is 39.8 Å². The van der Waals surface area contributed by atoms with Crippen LogP contribution in [0.25, 0.3) is 0 Å². The number of likely N-dealkylation sites (tertiary alicyclic amines) is 1. The number of piperidine rings is 1. The summed E-state index contributed by atoms with van der Waals surface area (Å²) in [5, 5.41) is 7.07. The summed E-state index contributed by atoms with van der Waals surface area (Å²) < 4.78 is 0. The van der Waals surface area contributed by atoms with Gasteiger partial charge in [0.25, 0.3) is 0 Å². The fourth-order valence-corrected chi connectivity index (χ4v) is 3.42. The molecule has 1 fully saturated rings. The van der Waals surface area contributed by atoms with Gasteiger partial charge >= 0.3 is 0 Å². The molecule has 144 valence electrons. The summed E-state index contributed by atoms with van der Waals surface area (Å²) in [5.41, 5.74) is 0. The fraction of sp³-hybridized carbons (Fsp3) is 0.944. The van der Waals surface area contributed by atoms with Gasteiger partial charge < -0.3 is 15.5 Å². The molecule has 6 heteroatoms. The smallest absolute Gasteiger partial charge is 0.191 e. The topological polar surface area (TPSA) is 42.9 Å². The molecule has 0 saturated carbocycles. The third-order valence-electron chi connectivity index (χ3n) is 4.68. The molecular weight excluding hydrogens is 413 g/mol. The molecule has 1 saturated heterocycles. The maximum Gasteiger partial charge on any atom is 0.191 e. The Labute approximate surface area is 167 Å². The number of nitrogens with one attached hydrogen (secondary N) is 2. The minimum Gasteiger partial charge on any atom is -0.355 e. The monoisotopic (exact) mass is 453 g/mol. The van der Waals surface area contributed by atoms with Crippen LogP contribution in [0.3, 0.4) is 0 Å². The molecule has 1 rings (SSSR count). The van der Waals surface area contributed by atoms with Crippen molar-refractivity contribution >= 4 is 29.9 Å². The molecule has 0 unspecified atom stereocenters. The summed E-state index contributed by atoms with van der Waals surface area (Å²) in [6.45, 7) is 16.9. The Morgan fingerprint density at radius 3 is 2.21 bits per heavy atom. The largest absolute Gasteiger partial charge is 0.355 e. The second-order valence-corrected chi connectivity index (χ2v) is 7.18. The van der Waals surface area contributed by atoms with E-state index < -0.39 is 0 Å². The molecular formula is C18H40IN5. The number of nitrogens with zero attached hydrogens (tertiary/aromatic N) is 3. The van der Waals surface area contributed by atoms with Crippen molar-refractivity contribution in [2.24, 2.45) is 4.99 Å². The molecule has 0 aliphatic carbocycles. The molecule has 1 heterocycles. The zero-order valence-electron chi connectivity index (χ0n) is 16.6. The maximum atomic E-state index is 4.39. The van der Waals surface area contributed by atoms with Gasteiger partial charge in [-0.2, -0.15) is 0 Å². The van der Waals surface area contributed by atoms with Crippen molar-refractivity contribution in [2.45, 2.75) is 72.0 Å². The third kappa shape index (κ3) is 8.85. The fourth-order valence-electron chi connectivity index (χ4n) is 3.42. The van der Waals surface area contributed by atoms with E-state index in [0.29, 0.717) is 18.1 Å². The zero-order valence-corrected chi connectivity index (χ0v) is 19.0. The highest BCUT2D eigenvalue weighted by molar-refractivity contribution is 14.0. The van der Waals surface area contributed by atoms with Gasteiger partial charge in [0.2, 0.25) is 0 Å². The summed E-state index contributed by atoms with van der Waals surface area (Å²) in [7, 11) is 1.87. The van der Waals surface area contributed by atoms with Gasteiger partial charge in [-0.1, -0.05) is 6.92 Å². The highest BCUT2D eigenvalue weighted by Crippen LogP contribution is 2.10. The van der Waals surface area contributed by atoms with E-state index in [4.69, 9.17) is 0 Å². The van der Waals surface area contributed by atoms with E-state index >= 15 is 0 Å². The first kappa shape index (κ1) is 23.9. The first-order valence-electron chi connectivity index (χ1n) is 9.43. The maximum absolute atomic E-state index is 4.39. The van der Waals surface area contributed by atoms with Crippen LogP contribution >= 0.6 is 24.0 Å². The van der Waals surface area contributed by atoms with E-state index in [9.17, 15) is 0 Å². The Hall–Kier alpha value is -0.0800. The molecule has 1 aliphatic rings. The van der Waals surface area contributed by atoms with Gasteiger partial charge in [0, 0.05) is 51.4 Å². The normalized spacial score (nSPS) is 17.5. The number of guanidine groups is 1. The van der Waals surface area contributed by atoms with Crippen LogP contribution in [0.5, 0.6) is 0 Å². The summed E-state index contributed by atoms with van der Waals surface area (Å²) >= 11 is 0. The van der Waals surface area contributed by atoms with E-state index in [2.05, 4.69) is 60.0 Å². The molecule has 1 aliphatic heterocycles. The molecule has 24 heavy (non-hydrogen) atoms. The van der Waals surface area contributed by atoms with Gasteiger partial charge in [-0.05, 0) is 53.5 Å². The van der Waals surface area contributed by atoms with Crippen LogP contribution in [-0.4, -0.2) is 73.7 Å². The lowest BCUT2D eigenvalue weighted by Crippen LogP contribution is -2.50. The van der Waals surface area contributed by atoms with Crippen LogP contribution in [0, 0.1) is 0 Å². The Bertz CT molecular complexity index is 330. The van der Waals surface area contributed by atoms with E-state index in [0.717, 1.165) is 19.0 Å². The van der Waals surface area contributed by atoms with Crippen molar-refractivity contribution in [1.29, 1.82) is 0 Å². The summed E-state index contributed by atoms with van der Waals surface area (Å²) in [6, 6.07) is 1.71. The van der Waals surface area contributed by atoms with Crippen LogP contribution < -0.4 is 10.6 Å².